The quantitative estimate of drug-likeness (QED) is 0.839. The van der Waals surface area contributed by atoms with Crippen LogP contribution < -0.4 is 5.01 Å². The van der Waals surface area contributed by atoms with Gasteiger partial charge in [-0.15, -0.1) is 5.10 Å². The van der Waals surface area contributed by atoms with Gasteiger partial charge in [0.05, 0.1) is 17.9 Å². The number of para-hydroxylation sites is 1. The van der Waals surface area contributed by atoms with Gasteiger partial charge in [-0.1, -0.05) is 46.3 Å². The third-order valence-corrected chi connectivity index (χ3v) is 3.62. The van der Waals surface area contributed by atoms with Crippen LogP contribution in [0.1, 0.15) is 5.56 Å². The Morgan fingerprint density at radius 3 is 2.43 bits per heavy atom. The predicted molar refractivity (Wildman–Crippen MR) is 87.5 cm³/mol. The number of halogens is 1. The van der Waals surface area contributed by atoms with Gasteiger partial charge in [-0.05, 0) is 29.8 Å². The SMILES string of the molecule is N#CC1=NN(c2ccccc2)CC(c2ccc(Br)cc2)=N1. The molecule has 5 heteroatoms. The number of nitrogens with zero attached hydrogens (tertiary/aromatic N) is 4. The number of hydrogen-bond donors (Lipinski definition) is 0. The Morgan fingerprint density at radius 1 is 1.05 bits per heavy atom. The van der Waals surface area contributed by atoms with Crippen LogP contribution in [0.15, 0.2) is 69.2 Å². The smallest absolute Gasteiger partial charge is 0.250 e. The van der Waals surface area contributed by atoms with Gasteiger partial charge in [0, 0.05) is 4.47 Å². The number of nitriles is 1. The minimum Gasteiger partial charge on any atom is -0.257 e. The summed E-state index contributed by atoms with van der Waals surface area (Å²) in [5.41, 5.74) is 2.76. The minimum atomic E-state index is 0.169. The van der Waals surface area contributed by atoms with Crippen molar-refractivity contribution in [2.45, 2.75) is 0 Å². The Bertz CT molecular complexity index is 742. The maximum absolute atomic E-state index is 9.14. The van der Waals surface area contributed by atoms with Crippen molar-refractivity contribution in [2.24, 2.45) is 10.1 Å². The van der Waals surface area contributed by atoms with E-state index in [4.69, 9.17) is 5.26 Å². The molecule has 21 heavy (non-hydrogen) atoms. The first kappa shape index (κ1) is 13.5. The van der Waals surface area contributed by atoms with Gasteiger partial charge < -0.3 is 0 Å². The zero-order valence-corrected chi connectivity index (χ0v) is 12.7. The molecule has 0 N–H and O–H groups in total. The monoisotopic (exact) mass is 338 g/mol. The van der Waals surface area contributed by atoms with Crippen LogP contribution in [0.4, 0.5) is 5.69 Å². The molecule has 2 aromatic rings. The van der Waals surface area contributed by atoms with Crippen molar-refractivity contribution in [3.63, 3.8) is 0 Å². The van der Waals surface area contributed by atoms with E-state index in [9.17, 15) is 0 Å². The third-order valence-electron chi connectivity index (χ3n) is 3.09. The van der Waals surface area contributed by atoms with Crippen molar-refractivity contribution in [1.82, 2.24) is 0 Å². The van der Waals surface area contributed by atoms with E-state index in [1.165, 1.54) is 0 Å². The van der Waals surface area contributed by atoms with Gasteiger partial charge in [-0.3, -0.25) is 5.01 Å². The molecule has 0 unspecified atom stereocenters. The van der Waals surface area contributed by atoms with Crippen LogP contribution in [0.25, 0.3) is 0 Å². The average molecular weight is 339 g/mol. The molecular formula is C16H11BrN4. The molecule has 0 saturated heterocycles. The molecule has 2 aromatic carbocycles. The Balaban J connectivity index is 1.96. The molecule has 0 atom stereocenters. The summed E-state index contributed by atoms with van der Waals surface area (Å²) >= 11 is 3.42. The highest BCUT2D eigenvalue weighted by molar-refractivity contribution is 9.10. The van der Waals surface area contributed by atoms with Gasteiger partial charge in [0.2, 0.25) is 0 Å². The standard InChI is InChI=1S/C16H11BrN4/c17-13-8-6-12(7-9-13)15-11-21(20-16(10-18)19-15)14-4-2-1-3-5-14/h1-9H,11H2. The Hall–Kier alpha value is -2.45. The van der Waals surface area contributed by atoms with E-state index in [0.29, 0.717) is 6.54 Å². The van der Waals surface area contributed by atoms with Gasteiger partial charge >= 0.3 is 0 Å². The topological polar surface area (TPSA) is 51.8 Å². The summed E-state index contributed by atoms with van der Waals surface area (Å²) in [5, 5.41) is 15.2. The van der Waals surface area contributed by atoms with Crippen LogP contribution in [0.3, 0.4) is 0 Å². The second-order valence-electron chi connectivity index (χ2n) is 4.49. The van der Waals surface area contributed by atoms with E-state index in [1.807, 2.05) is 60.7 Å². The predicted octanol–water partition coefficient (Wildman–Crippen LogP) is 3.60. The lowest BCUT2D eigenvalue weighted by molar-refractivity contribution is 0.945. The molecular weight excluding hydrogens is 328 g/mol. The second kappa shape index (κ2) is 5.90. The van der Waals surface area contributed by atoms with E-state index < -0.39 is 0 Å². The molecule has 3 rings (SSSR count). The van der Waals surface area contributed by atoms with Gasteiger partial charge in [-0.2, -0.15) is 5.26 Å². The maximum atomic E-state index is 9.14. The number of aliphatic imine (C=N–C) groups is 1. The lowest BCUT2D eigenvalue weighted by Crippen LogP contribution is -2.31. The minimum absolute atomic E-state index is 0.169. The van der Waals surface area contributed by atoms with E-state index in [1.54, 1.807) is 5.01 Å². The summed E-state index contributed by atoms with van der Waals surface area (Å²) < 4.78 is 1.01. The van der Waals surface area contributed by atoms with Gasteiger partial charge in [0.25, 0.3) is 5.84 Å². The summed E-state index contributed by atoms with van der Waals surface area (Å²) in [6, 6.07) is 19.7. The molecule has 1 aliphatic heterocycles. The highest BCUT2D eigenvalue weighted by atomic mass is 79.9. The van der Waals surface area contributed by atoms with Crippen molar-refractivity contribution in [1.29, 1.82) is 5.26 Å². The Labute approximate surface area is 131 Å². The maximum Gasteiger partial charge on any atom is 0.250 e. The average Bonchev–Trinajstić information content (AvgIpc) is 2.56. The molecule has 0 aromatic heterocycles. The zero-order valence-electron chi connectivity index (χ0n) is 11.1. The summed E-state index contributed by atoms with van der Waals surface area (Å²) in [5.74, 6) is 0.169. The molecule has 0 aliphatic carbocycles. The lowest BCUT2D eigenvalue weighted by Gasteiger charge is -2.23. The normalized spacial score (nSPS) is 14.2. The van der Waals surface area contributed by atoms with Gasteiger partial charge in [0.1, 0.15) is 6.07 Å². The van der Waals surface area contributed by atoms with Crippen LogP contribution in [-0.4, -0.2) is 18.1 Å². The summed E-state index contributed by atoms with van der Waals surface area (Å²) in [4.78, 5) is 4.32. The lowest BCUT2D eigenvalue weighted by atomic mass is 10.1. The first-order valence-electron chi connectivity index (χ1n) is 6.41. The van der Waals surface area contributed by atoms with Crippen LogP contribution in [0.5, 0.6) is 0 Å². The molecule has 1 aliphatic rings. The van der Waals surface area contributed by atoms with E-state index >= 15 is 0 Å². The molecule has 0 bridgehead atoms. The third kappa shape index (κ3) is 3.01. The largest absolute Gasteiger partial charge is 0.257 e. The second-order valence-corrected chi connectivity index (χ2v) is 5.41. The first-order chi connectivity index (χ1) is 10.3. The van der Waals surface area contributed by atoms with Crippen molar-refractivity contribution in [3.8, 4) is 6.07 Å². The van der Waals surface area contributed by atoms with Crippen LogP contribution >= 0.6 is 15.9 Å². The molecule has 4 nitrogen and oxygen atoms in total. The molecule has 0 radical (unpaired) electrons. The van der Waals surface area contributed by atoms with Crippen molar-refractivity contribution >= 4 is 33.2 Å². The van der Waals surface area contributed by atoms with Crippen molar-refractivity contribution in [2.75, 3.05) is 11.6 Å². The van der Waals surface area contributed by atoms with Crippen molar-refractivity contribution in [3.05, 3.63) is 64.6 Å². The highest BCUT2D eigenvalue weighted by Crippen LogP contribution is 2.19. The molecule has 1 heterocycles. The Morgan fingerprint density at radius 2 is 1.76 bits per heavy atom. The molecule has 0 fully saturated rings. The van der Waals surface area contributed by atoms with Gasteiger partial charge in [0.15, 0.2) is 0 Å². The van der Waals surface area contributed by atoms with E-state index in [2.05, 4.69) is 26.0 Å². The highest BCUT2D eigenvalue weighted by Gasteiger charge is 2.17. The molecule has 0 amide bonds. The fourth-order valence-corrected chi connectivity index (χ4v) is 2.34. The van der Waals surface area contributed by atoms with Gasteiger partial charge in [-0.25, -0.2) is 4.99 Å². The van der Waals surface area contributed by atoms with Crippen LogP contribution in [0.2, 0.25) is 0 Å². The van der Waals surface area contributed by atoms with Crippen molar-refractivity contribution < 1.29 is 0 Å². The number of anilines is 1. The first-order valence-corrected chi connectivity index (χ1v) is 7.20. The van der Waals surface area contributed by atoms with Crippen LogP contribution in [0, 0.1) is 11.3 Å². The Kier molecular flexibility index (Phi) is 3.80. The number of amidine groups is 1. The molecule has 0 saturated carbocycles. The fourth-order valence-electron chi connectivity index (χ4n) is 2.07. The number of benzene rings is 2. The molecule has 0 spiro atoms. The van der Waals surface area contributed by atoms with Crippen LogP contribution in [-0.2, 0) is 0 Å². The van der Waals surface area contributed by atoms with E-state index in [-0.39, 0.29) is 5.84 Å². The summed E-state index contributed by atoms with van der Waals surface area (Å²) in [6.45, 7) is 0.539. The molecule has 102 valence electrons. The fraction of sp³-hybridized carbons (Fsp3) is 0.0625. The summed E-state index contributed by atoms with van der Waals surface area (Å²) in [7, 11) is 0. The number of hydrogen-bond acceptors (Lipinski definition) is 4. The summed E-state index contributed by atoms with van der Waals surface area (Å²) in [6.07, 6.45) is 0. The number of hydrazone groups is 1. The zero-order chi connectivity index (χ0) is 14.7. The van der Waals surface area contributed by atoms with E-state index in [0.717, 1.165) is 21.4 Å². The number of rotatable bonds is 2.